The van der Waals surface area contributed by atoms with Gasteiger partial charge in [-0.1, -0.05) is 28.1 Å². The highest BCUT2D eigenvalue weighted by Gasteiger charge is 2.41. The summed E-state index contributed by atoms with van der Waals surface area (Å²) in [5.74, 6) is 0.249. The number of fused-ring (bicyclic) bond motifs is 2. The molecule has 3 unspecified atom stereocenters. The van der Waals surface area contributed by atoms with Gasteiger partial charge in [-0.2, -0.15) is 0 Å². The zero-order valence-electron chi connectivity index (χ0n) is 4.67. The van der Waals surface area contributed by atoms with Crippen LogP contribution in [-0.2, 0) is 4.79 Å². The van der Waals surface area contributed by atoms with Crippen LogP contribution in [0.5, 0.6) is 0 Å². The number of carbonyl (C=O) groups is 1. The van der Waals surface area contributed by atoms with Crippen LogP contribution in [0.2, 0.25) is 0 Å². The van der Waals surface area contributed by atoms with Crippen molar-refractivity contribution < 1.29 is 4.79 Å². The van der Waals surface area contributed by atoms with Crippen molar-refractivity contribution in [3.05, 3.63) is 12.2 Å². The molecule has 1 aliphatic heterocycles. The summed E-state index contributed by atoms with van der Waals surface area (Å²) in [7, 11) is 0. The van der Waals surface area contributed by atoms with Crippen LogP contribution in [0.15, 0.2) is 12.2 Å². The Hall–Kier alpha value is -0.310. The van der Waals surface area contributed by atoms with Crippen molar-refractivity contribution in [1.82, 2.24) is 5.32 Å². The van der Waals surface area contributed by atoms with E-state index in [1.54, 1.807) is 0 Å². The van der Waals surface area contributed by atoms with Crippen molar-refractivity contribution in [3.8, 4) is 0 Å². The molecule has 0 radical (unpaired) electrons. The van der Waals surface area contributed by atoms with E-state index in [0.717, 1.165) is 0 Å². The Balaban J connectivity index is 2.35. The summed E-state index contributed by atoms with van der Waals surface area (Å²) in [6, 6.07) is 0.252. The van der Waals surface area contributed by atoms with Crippen LogP contribution in [0, 0.1) is 5.92 Å². The molecule has 2 rings (SSSR count). The SMILES string of the molecule is O=C1NC2C=CC1C2Br. The number of rotatable bonds is 0. The van der Waals surface area contributed by atoms with Gasteiger partial charge < -0.3 is 5.32 Å². The third-order valence-electron chi connectivity index (χ3n) is 1.82. The predicted octanol–water partition coefficient (Wildman–Crippen LogP) is 0.434. The molecule has 2 aliphatic rings. The van der Waals surface area contributed by atoms with E-state index in [1.165, 1.54) is 0 Å². The molecule has 1 fully saturated rings. The highest BCUT2D eigenvalue weighted by atomic mass is 79.9. The number of hydrogen-bond donors (Lipinski definition) is 1. The van der Waals surface area contributed by atoms with E-state index in [9.17, 15) is 4.79 Å². The van der Waals surface area contributed by atoms with Crippen LogP contribution < -0.4 is 5.32 Å². The molecule has 0 spiro atoms. The van der Waals surface area contributed by atoms with E-state index in [4.69, 9.17) is 0 Å². The molecule has 3 heteroatoms. The van der Waals surface area contributed by atoms with Crippen LogP contribution >= 0.6 is 15.9 Å². The number of alkyl halides is 1. The maximum absolute atomic E-state index is 10.9. The number of halogens is 1. The maximum atomic E-state index is 10.9. The van der Waals surface area contributed by atoms with Crippen LogP contribution in [-0.4, -0.2) is 16.8 Å². The fraction of sp³-hybridized carbons (Fsp3) is 0.500. The van der Waals surface area contributed by atoms with Gasteiger partial charge in [0.1, 0.15) is 0 Å². The van der Waals surface area contributed by atoms with E-state index >= 15 is 0 Å². The molecule has 1 aliphatic carbocycles. The molecule has 1 saturated heterocycles. The highest BCUT2D eigenvalue weighted by Crippen LogP contribution is 2.31. The van der Waals surface area contributed by atoms with E-state index < -0.39 is 0 Å². The zero-order chi connectivity index (χ0) is 6.43. The highest BCUT2D eigenvalue weighted by molar-refractivity contribution is 9.09. The molecule has 9 heavy (non-hydrogen) atoms. The van der Waals surface area contributed by atoms with Gasteiger partial charge in [0.25, 0.3) is 0 Å². The second-order valence-corrected chi connectivity index (χ2v) is 3.45. The van der Waals surface area contributed by atoms with Gasteiger partial charge in [0.2, 0.25) is 5.91 Å². The molecule has 1 amide bonds. The second kappa shape index (κ2) is 1.59. The van der Waals surface area contributed by atoms with E-state index in [-0.39, 0.29) is 17.9 Å². The van der Waals surface area contributed by atoms with Gasteiger partial charge >= 0.3 is 0 Å². The smallest absolute Gasteiger partial charge is 0.228 e. The quantitative estimate of drug-likeness (QED) is 0.433. The molecular weight excluding hydrogens is 182 g/mol. The summed E-state index contributed by atoms with van der Waals surface area (Å²) in [4.78, 5) is 11.2. The molecule has 0 aromatic carbocycles. The lowest BCUT2D eigenvalue weighted by Crippen LogP contribution is -2.27. The monoisotopic (exact) mass is 187 g/mol. The predicted molar refractivity (Wildman–Crippen MR) is 37.3 cm³/mol. The van der Waals surface area contributed by atoms with Crippen molar-refractivity contribution in [2.45, 2.75) is 10.9 Å². The lowest BCUT2D eigenvalue weighted by atomic mass is 10.1. The Bertz CT molecular complexity index is 189. The fourth-order valence-electron chi connectivity index (χ4n) is 1.30. The summed E-state index contributed by atoms with van der Waals surface area (Å²) >= 11 is 3.43. The van der Waals surface area contributed by atoms with Gasteiger partial charge in [0.15, 0.2) is 0 Å². The topological polar surface area (TPSA) is 29.1 Å². The minimum Gasteiger partial charge on any atom is -0.348 e. The van der Waals surface area contributed by atoms with E-state index in [0.29, 0.717) is 4.83 Å². The third kappa shape index (κ3) is 0.582. The second-order valence-electron chi connectivity index (χ2n) is 2.39. The van der Waals surface area contributed by atoms with Gasteiger partial charge in [0.05, 0.1) is 16.8 Å². The van der Waals surface area contributed by atoms with Crippen molar-refractivity contribution in [1.29, 1.82) is 0 Å². The van der Waals surface area contributed by atoms with E-state index in [1.807, 2.05) is 12.2 Å². The van der Waals surface area contributed by atoms with Crippen molar-refractivity contribution in [2.24, 2.45) is 5.92 Å². The van der Waals surface area contributed by atoms with Gasteiger partial charge in [-0.25, -0.2) is 0 Å². The van der Waals surface area contributed by atoms with Gasteiger partial charge in [-0.05, 0) is 0 Å². The molecule has 0 aromatic heterocycles. The normalized spacial score (nSPS) is 45.9. The van der Waals surface area contributed by atoms with Crippen molar-refractivity contribution >= 4 is 21.8 Å². The lowest BCUT2D eigenvalue weighted by Gasteiger charge is -2.02. The Morgan fingerprint density at radius 3 is 2.56 bits per heavy atom. The molecular formula is C6H6BrNO. The molecule has 1 heterocycles. The summed E-state index contributed by atoms with van der Waals surface area (Å²) in [5, 5.41) is 2.83. The molecule has 2 nitrogen and oxygen atoms in total. The zero-order valence-corrected chi connectivity index (χ0v) is 6.26. The number of carbonyl (C=O) groups excluding carboxylic acids is 1. The third-order valence-corrected chi connectivity index (χ3v) is 2.96. The van der Waals surface area contributed by atoms with Crippen molar-refractivity contribution in [2.75, 3.05) is 0 Å². The van der Waals surface area contributed by atoms with Crippen molar-refractivity contribution in [3.63, 3.8) is 0 Å². The van der Waals surface area contributed by atoms with Crippen LogP contribution in [0.1, 0.15) is 0 Å². The minimum absolute atomic E-state index is 0.0926. The minimum atomic E-state index is 0.0926. The van der Waals surface area contributed by atoms with Crippen LogP contribution in [0.3, 0.4) is 0 Å². The molecule has 48 valence electrons. The van der Waals surface area contributed by atoms with Crippen LogP contribution in [0.4, 0.5) is 0 Å². The number of nitrogens with one attached hydrogen (secondary N) is 1. The summed E-state index contributed by atoms with van der Waals surface area (Å²) in [6.07, 6.45) is 3.99. The molecule has 2 bridgehead atoms. The lowest BCUT2D eigenvalue weighted by molar-refractivity contribution is -0.121. The Morgan fingerprint density at radius 1 is 1.56 bits per heavy atom. The van der Waals surface area contributed by atoms with Gasteiger partial charge in [-0.15, -0.1) is 0 Å². The first-order valence-corrected chi connectivity index (χ1v) is 3.83. The molecule has 0 saturated carbocycles. The molecule has 0 aromatic rings. The number of hydrogen-bond acceptors (Lipinski definition) is 1. The average Bonchev–Trinajstić information content (AvgIpc) is 2.25. The van der Waals surface area contributed by atoms with Crippen LogP contribution in [0.25, 0.3) is 0 Å². The first-order valence-electron chi connectivity index (χ1n) is 2.92. The van der Waals surface area contributed by atoms with E-state index in [2.05, 4.69) is 21.2 Å². The Kier molecular flexibility index (Phi) is 0.970. The standard InChI is InChI=1S/C6H6BrNO/c7-5-3-1-2-4(5)8-6(3)9/h1-5H,(H,8,9). The summed E-state index contributed by atoms with van der Waals surface area (Å²) in [5.41, 5.74) is 0. The summed E-state index contributed by atoms with van der Waals surface area (Å²) < 4.78 is 0. The summed E-state index contributed by atoms with van der Waals surface area (Å²) in [6.45, 7) is 0. The van der Waals surface area contributed by atoms with Gasteiger partial charge in [0, 0.05) is 0 Å². The fourth-order valence-corrected chi connectivity index (χ4v) is 2.02. The van der Waals surface area contributed by atoms with Gasteiger partial charge in [-0.3, -0.25) is 4.79 Å². The maximum Gasteiger partial charge on any atom is 0.228 e. The first kappa shape index (κ1) is 5.47. The first-order chi connectivity index (χ1) is 4.29. The molecule has 1 N–H and O–H groups in total. The Labute approximate surface area is 61.4 Å². The average molecular weight is 188 g/mol. The molecule has 3 atom stereocenters. The largest absolute Gasteiger partial charge is 0.348 e. The Morgan fingerprint density at radius 2 is 2.33 bits per heavy atom. The number of amides is 1.